The fourth-order valence-corrected chi connectivity index (χ4v) is 1.49. The number of aryl methyl sites for hydroxylation is 1. The maximum atomic E-state index is 13.4. The summed E-state index contributed by atoms with van der Waals surface area (Å²) in [6.45, 7) is 5.91. The number of hydrogen-bond donors (Lipinski definition) is 0. The molecule has 0 atom stereocenters. The zero-order chi connectivity index (χ0) is 11.4. The van der Waals surface area contributed by atoms with Crippen molar-refractivity contribution in [3.63, 3.8) is 0 Å². The first-order valence-corrected chi connectivity index (χ1v) is 5.36. The van der Waals surface area contributed by atoms with Crippen LogP contribution in [0, 0.1) is 11.7 Å². The first-order valence-electron chi connectivity index (χ1n) is 5.36. The van der Waals surface area contributed by atoms with Gasteiger partial charge < -0.3 is 0 Å². The molecular weight excluding hydrogens is 191 g/mol. The van der Waals surface area contributed by atoms with Gasteiger partial charge in [0.2, 0.25) is 0 Å². The second-order valence-electron chi connectivity index (χ2n) is 4.19. The molecule has 0 aliphatic heterocycles. The van der Waals surface area contributed by atoms with Gasteiger partial charge in [-0.1, -0.05) is 26.8 Å². The van der Waals surface area contributed by atoms with E-state index in [4.69, 9.17) is 0 Å². The number of benzene rings is 1. The Labute approximate surface area is 90.3 Å². The van der Waals surface area contributed by atoms with E-state index in [-0.39, 0.29) is 17.3 Å². The highest BCUT2D eigenvalue weighted by Gasteiger charge is 2.13. The number of Topliss-reactive ketones (excluding diaryl/α,β-unsaturated/α-hetero) is 1. The zero-order valence-corrected chi connectivity index (χ0v) is 9.51. The van der Waals surface area contributed by atoms with E-state index in [1.165, 1.54) is 6.07 Å². The van der Waals surface area contributed by atoms with Crippen LogP contribution in [0.4, 0.5) is 4.39 Å². The summed E-state index contributed by atoms with van der Waals surface area (Å²) >= 11 is 0. The Balaban J connectivity index is 2.96. The molecule has 2 heteroatoms. The van der Waals surface area contributed by atoms with Gasteiger partial charge in [0, 0.05) is 6.42 Å². The fraction of sp³-hybridized carbons (Fsp3) is 0.462. The third kappa shape index (κ3) is 3.15. The molecule has 0 N–H and O–H groups in total. The number of hydrogen-bond acceptors (Lipinski definition) is 1. The smallest absolute Gasteiger partial charge is 0.166 e. The highest BCUT2D eigenvalue weighted by molar-refractivity contribution is 5.96. The van der Waals surface area contributed by atoms with Gasteiger partial charge in [-0.3, -0.25) is 4.79 Å². The average Bonchev–Trinajstić information content (AvgIpc) is 2.17. The number of halogens is 1. The minimum absolute atomic E-state index is 0.0993. The standard InChI is InChI=1S/C13H17FO/c1-4-10-5-6-12(14)11(8-10)13(15)7-9(2)3/h5-6,8-9H,4,7H2,1-3H3. The molecule has 0 unspecified atom stereocenters. The Kier molecular flexibility index (Phi) is 4.01. The molecule has 0 saturated carbocycles. The molecule has 0 aromatic heterocycles. The quantitative estimate of drug-likeness (QED) is 0.691. The van der Waals surface area contributed by atoms with E-state index >= 15 is 0 Å². The summed E-state index contributed by atoms with van der Waals surface area (Å²) in [6.07, 6.45) is 1.23. The second-order valence-corrected chi connectivity index (χ2v) is 4.19. The van der Waals surface area contributed by atoms with Crippen molar-refractivity contribution in [1.29, 1.82) is 0 Å². The van der Waals surface area contributed by atoms with Crippen molar-refractivity contribution in [2.45, 2.75) is 33.6 Å². The number of carbonyl (C=O) groups is 1. The predicted molar refractivity (Wildman–Crippen MR) is 59.6 cm³/mol. The molecule has 1 rings (SSSR count). The first kappa shape index (κ1) is 11.9. The zero-order valence-electron chi connectivity index (χ0n) is 9.51. The Bertz CT molecular complexity index is 356. The molecule has 0 spiro atoms. The van der Waals surface area contributed by atoms with Crippen LogP contribution in [0.1, 0.15) is 43.1 Å². The summed E-state index contributed by atoms with van der Waals surface area (Å²) in [6, 6.07) is 4.77. The van der Waals surface area contributed by atoms with Gasteiger partial charge in [-0.05, 0) is 30.0 Å². The molecule has 0 radical (unpaired) electrons. The Morgan fingerprint density at radius 1 is 1.40 bits per heavy atom. The van der Waals surface area contributed by atoms with E-state index in [1.54, 1.807) is 12.1 Å². The Morgan fingerprint density at radius 2 is 2.07 bits per heavy atom. The summed E-state index contributed by atoms with van der Waals surface area (Å²) in [5.41, 5.74) is 1.24. The van der Waals surface area contributed by atoms with Crippen LogP contribution >= 0.6 is 0 Å². The van der Waals surface area contributed by atoms with Crippen LogP contribution in [0.3, 0.4) is 0 Å². The molecule has 1 aromatic carbocycles. The van der Waals surface area contributed by atoms with Crippen molar-refractivity contribution < 1.29 is 9.18 Å². The van der Waals surface area contributed by atoms with Crippen molar-refractivity contribution >= 4 is 5.78 Å². The van der Waals surface area contributed by atoms with Crippen LogP contribution in [0.15, 0.2) is 18.2 Å². The van der Waals surface area contributed by atoms with Crippen molar-refractivity contribution in [3.05, 3.63) is 35.1 Å². The maximum absolute atomic E-state index is 13.4. The fourth-order valence-electron chi connectivity index (χ4n) is 1.49. The lowest BCUT2D eigenvalue weighted by atomic mass is 9.98. The number of carbonyl (C=O) groups excluding carboxylic acids is 1. The number of rotatable bonds is 4. The van der Waals surface area contributed by atoms with Gasteiger partial charge in [0.15, 0.2) is 5.78 Å². The first-order chi connectivity index (χ1) is 7.04. The van der Waals surface area contributed by atoms with Crippen molar-refractivity contribution in [2.24, 2.45) is 5.92 Å². The predicted octanol–water partition coefficient (Wildman–Crippen LogP) is 3.62. The van der Waals surface area contributed by atoms with Gasteiger partial charge in [-0.15, -0.1) is 0 Å². The van der Waals surface area contributed by atoms with Crippen LogP contribution in [0.25, 0.3) is 0 Å². The van der Waals surface area contributed by atoms with Gasteiger partial charge >= 0.3 is 0 Å². The molecule has 0 saturated heterocycles. The summed E-state index contributed by atoms with van der Waals surface area (Å²) < 4.78 is 13.4. The average molecular weight is 208 g/mol. The van der Waals surface area contributed by atoms with Crippen LogP contribution in [-0.2, 0) is 6.42 Å². The Morgan fingerprint density at radius 3 is 2.60 bits per heavy atom. The normalized spacial score (nSPS) is 10.7. The Hall–Kier alpha value is -1.18. The third-order valence-corrected chi connectivity index (χ3v) is 2.33. The lowest BCUT2D eigenvalue weighted by molar-refractivity contribution is 0.0964. The molecule has 0 bridgehead atoms. The molecule has 15 heavy (non-hydrogen) atoms. The lowest BCUT2D eigenvalue weighted by Gasteiger charge is -2.06. The minimum Gasteiger partial charge on any atom is -0.294 e. The summed E-state index contributed by atoms with van der Waals surface area (Å²) in [5.74, 6) is -0.238. The topological polar surface area (TPSA) is 17.1 Å². The van der Waals surface area contributed by atoms with Crippen LogP contribution in [-0.4, -0.2) is 5.78 Å². The van der Waals surface area contributed by atoms with Crippen molar-refractivity contribution in [3.8, 4) is 0 Å². The molecular formula is C13H17FO. The molecule has 0 fully saturated rings. The third-order valence-electron chi connectivity index (χ3n) is 2.33. The second kappa shape index (κ2) is 5.06. The molecule has 0 amide bonds. The molecule has 0 aliphatic carbocycles. The molecule has 82 valence electrons. The van der Waals surface area contributed by atoms with Gasteiger partial charge in [0.05, 0.1) is 5.56 Å². The molecule has 1 nitrogen and oxygen atoms in total. The highest BCUT2D eigenvalue weighted by Crippen LogP contribution is 2.15. The largest absolute Gasteiger partial charge is 0.294 e. The molecule has 0 aliphatic rings. The SMILES string of the molecule is CCc1ccc(F)c(C(=O)CC(C)C)c1. The highest BCUT2D eigenvalue weighted by atomic mass is 19.1. The number of ketones is 1. The lowest BCUT2D eigenvalue weighted by Crippen LogP contribution is -2.06. The summed E-state index contributed by atoms with van der Waals surface area (Å²) in [4.78, 5) is 11.7. The van der Waals surface area contributed by atoms with Gasteiger partial charge in [-0.2, -0.15) is 0 Å². The minimum atomic E-state index is -0.405. The van der Waals surface area contributed by atoms with E-state index in [0.29, 0.717) is 6.42 Å². The van der Waals surface area contributed by atoms with Crippen LogP contribution < -0.4 is 0 Å². The van der Waals surface area contributed by atoms with Gasteiger partial charge in [0.25, 0.3) is 0 Å². The van der Waals surface area contributed by atoms with E-state index in [9.17, 15) is 9.18 Å². The van der Waals surface area contributed by atoms with Gasteiger partial charge in [0.1, 0.15) is 5.82 Å². The van der Waals surface area contributed by atoms with E-state index in [1.807, 2.05) is 20.8 Å². The van der Waals surface area contributed by atoms with Crippen molar-refractivity contribution in [1.82, 2.24) is 0 Å². The van der Waals surface area contributed by atoms with Crippen molar-refractivity contribution in [2.75, 3.05) is 0 Å². The summed E-state index contributed by atoms with van der Waals surface area (Å²) in [7, 11) is 0. The molecule has 1 aromatic rings. The monoisotopic (exact) mass is 208 g/mol. The van der Waals surface area contributed by atoms with E-state index in [0.717, 1.165) is 12.0 Å². The van der Waals surface area contributed by atoms with E-state index in [2.05, 4.69) is 0 Å². The summed E-state index contributed by atoms with van der Waals surface area (Å²) in [5, 5.41) is 0. The van der Waals surface area contributed by atoms with E-state index < -0.39 is 5.82 Å². The maximum Gasteiger partial charge on any atom is 0.166 e. The molecule has 0 heterocycles. The van der Waals surface area contributed by atoms with Crippen LogP contribution in [0.5, 0.6) is 0 Å². The van der Waals surface area contributed by atoms with Crippen LogP contribution in [0.2, 0.25) is 0 Å². The van der Waals surface area contributed by atoms with Gasteiger partial charge in [-0.25, -0.2) is 4.39 Å².